The molecule has 2 aromatic carbocycles. The van der Waals surface area contributed by atoms with Crippen molar-refractivity contribution in [3.63, 3.8) is 0 Å². The van der Waals surface area contributed by atoms with E-state index < -0.39 is 0 Å². The van der Waals surface area contributed by atoms with E-state index in [-0.39, 0.29) is 5.91 Å². The lowest BCUT2D eigenvalue weighted by molar-refractivity contribution is 0.0766. The second kappa shape index (κ2) is 7.73. The van der Waals surface area contributed by atoms with Crippen LogP contribution in [0, 0.1) is 0 Å². The summed E-state index contributed by atoms with van der Waals surface area (Å²) in [5.41, 5.74) is 1.91. The minimum Gasteiger partial charge on any atom is -0.338 e. The van der Waals surface area contributed by atoms with E-state index >= 15 is 0 Å². The zero-order chi connectivity index (χ0) is 16.2. The summed E-state index contributed by atoms with van der Waals surface area (Å²) in [6, 6.07) is 15.6. The van der Waals surface area contributed by atoms with Crippen LogP contribution in [0.4, 0.5) is 0 Å². The Bertz CT molecular complexity index is 709. The molecule has 2 nitrogen and oxygen atoms in total. The van der Waals surface area contributed by atoms with Gasteiger partial charge < -0.3 is 4.90 Å². The van der Waals surface area contributed by atoms with Crippen LogP contribution < -0.4 is 0 Å². The van der Waals surface area contributed by atoms with Crippen molar-refractivity contribution < 1.29 is 4.79 Å². The third-order valence-corrected chi connectivity index (χ3v) is 6.10. The normalized spacial score (nSPS) is 18.5. The molecule has 1 heterocycles. The molecule has 5 heteroatoms. The zero-order valence-corrected chi connectivity index (χ0v) is 15.7. The third kappa shape index (κ3) is 4.11. The van der Waals surface area contributed by atoms with Gasteiger partial charge in [0.05, 0.1) is 0 Å². The van der Waals surface area contributed by atoms with Gasteiger partial charge in [0.25, 0.3) is 5.91 Å². The Morgan fingerprint density at radius 3 is 2.78 bits per heavy atom. The van der Waals surface area contributed by atoms with Crippen molar-refractivity contribution in [1.29, 1.82) is 0 Å². The van der Waals surface area contributed by atoms with Gasteiger partial charge in [-0.3, -0.25) is 4.79 Å². The molecule has 1 aliphatic heterocycles. The number of halogens is 2. The van der Waals surface area contributed by atoms with Crippen LogP contribution in [0.15, 0.2) is 53.0 Å². The molecule has 1 fully saturated rings. The van der Waals surface area contributed by atoms with Gasteiger partial charge in [0.15, 0.2) is 0 Å². The molecule has 1 atom stereocenters. The van der Waals surface area contributed by atoms with E-state index in [0.29, 0.717) is 5.25 Å². The van der Waals surface area contributed by atoms with Gasteiger partial charge in [-0.15, -0.1) is 0 Å². The highest BCUT2D eigenvalue weighted by atomic mass is 79.9. The number of carbonyl (C=O) groups excluding carboxylic acids is 1. The predicted octanol–water partition coefficient (Wildman–Crippen LogP) is 5.42. The Kier molecular flexibility index (Phi) is 5.67. The highest BCUT2D eigenvalue weighted by molar-refractivity contribution is 9.10. The van der Waals surface area contributed by atoms with Crippen LogP contribution in [0.25, 0.3) is 0 Å². The summed E-state index contributed by atoms with van der Waals surface area (Å²) in [5, 5.41) is 1.17. The average molecular weight is 411 g/mol. The molecule has 1 aliphatic rings. The van der Waals surface area contributed by atoms with Gasteiger partial charge in [0.2, 0.25) is 0 Å². The summed E-state index contributed by atoms with van der Waals surface area (Å²) in [5.74, 6) is 1.03. The topological polar surface area (TPSA) is 20.3 Å². The van der Waals surface area contributed by atoms with Crippen molar-refractivity contribution in [1.82, 2.24) is 4.90 Å². The highest BCUT2D eigenvalue weighted by Gasteiger charge is 2.24. The Morgan fingerprint density at radius 2 is 2.00 bits per heavy atom. The smallest absolute Gasteiger partial charge is 0.253 e. The fourth-order valence-electron chi connectivity index (χ4n) is 2.76. The van der Waals surface area contributed by atoms with E-state index in [0.717, 1.165) is 40.3 Å². The number of amides is 1. The summed E-state index contributed by atoms with van der Waals surface area (Å²) >= 11 is 11.6. The Morgan fingerprint density at radius 1 is 1.17 bits per heavy atom. The van der Waals surface area contributed by atoms with Crippen molar-refractivity contribution in [2.45, 2.75) is 11.7 Å². The van der Waals surface area contributed by atoms with E-state index in [1.165, 1.54) is 5.56 Å². The lowest BCUT2D eigenvalue weighted by atomic mass is 10.1. The van der Waals surface area contributed by atoms with Crippen LogP contribution in [0.2, 0.25) is 5.02 Å². The van der Waals surface area contributed by atoms with Gasteiger partial charge in [-0.2, -0.15) is 11.8 Å². The Balaban J connectivity index is 1.71. The van der Waals surface area contributed by atoms with Crippen LogP contribution in [0.1, 0.15) is 27.6 Å². The van der Waals surface area contributed by atoms with E-state index in [4.69, 9.17) is 11.6 Å². The van der Waals surface area contributed by atoms with E-state index in [2.05, 4.69) is 22.0 Å². The summed E-state index contributed by atoms with van der Waals surface area (Å²) in [6.07, 6.45) is 0.925. The maximum absolute atomic E-state index is 12.7. The lowest BCUT2D eigenvalue weighted by Gasteiger charge is -2.20. The molecule has 0 spiro atoms. The molecule has 0 saturated carbocycles. The van der Waals surface area contributed by atoms with Crippen LogP contribution in [0.3, 0.4) is 0 Å². The van der Waals surface area contributed by atoms with Gasteiger partial charge in [0, 0.05) is 39.2 Å². The monoisotopic (exact) mass is 409 g/mol. The number of hydrogen-bond donors (Lipinski definition) is 0. The predicted molar refractivity (Wildman–Crippen MR) is 101 cm³/mol. The molecule has 3 rings (SSSR count). The van der Waals surface area contributed by atoms with Crippen LogP contribution in [-0.4, -0.2) is 29.6 Å². The summed E-state index contributed by atoms with van der Waals surface area (Å²) < 4.78 is 0.932. The first-order valence-electron chi connectivity index (χ1n) is 7.56. The van der Waals surface area contributed by atoms with Crippen LogP contribution >= 0.6 is 39.3 Å². The number of hydrogen-bond acceptors (Lipinski definition) is 2. The lowest BCUT2D eigenvalue weighted by Crippen LogP contribution is -2.32. The fraction of sp³-hybridized carbons (Fsp3) is 0.278. The standard InChI is InChI=1S/C18H17BrClNOS/c19-14-5-3-4-13(12-14)18(22)21-9-8-17(23-11-10-21)15-6-1-2-7-16(15)20/h1-7,12,17H,8-11H2. The molecular formula is C18H17BrClNOS. The van der Waals surface area contributed by atoms with E-state index in [9.17, 15) is 4.79 Å². The molecule has 120 valence electrons. The van der Waals surface area contributed by atoms with E-state index in [1.54, 1.807) is 0 Å². The molecule has 0 bridgehead atoms. The first-order valence-corrected chi connectivity index (χ1v) is 9.78. The maximum atomic E-state index is 12.7. The van der Waals surface area contributed by atoms with Crippen LogP contribution in [-0.2, 0) is 0 Å². The Hall–Kier alpha value is -0.970. The van der Waals surface area contributed by atoms with Crippen molar-refractivity contribution in [3.05, 3.63) is 69.2 Å². The van der Waals surface area contributed by atoms with Crippen molar-refractivity contribution >= 4 is 45.2 Å². The number of nitrogens with zero attached hydrogens (tertiary/aromatic N) is 1. The summed E-state index contributed by atoms with van der Waals surface area (Å²) in [4.78, 5) is 14.6. The first-order chi connectivity index (χ1) is 11.1. The van der Waals surface area contributed by atoms with Gasteiger partial charge in [-0.05, 0) is 36.2 Å². The van der Waals surface area contributed by atoms with Crippen molar-refractivity contribution in [2.75, 3.05) is 18.8 Å². The second-order valence-corrected chi connectivity index (χ2v) is 8.11. The quantitative estimate of drug-likeness (QED) is 0.658. The summed E-state index contributed by atoms with van der Waals surface area (Å²) in [7, 11) is 0. The molecular weight excluding hydrogens is 394 g/mol. The molecule has 1 unspecified atom stereocenters. The van der Waals surface area contributed by atoms with Crippen LogP contribution in [0.5, 0.6) is 0 Å². The number of rotatable bonds is 2. The first kappa shape index (κ1) is 16.9. The fourth-order valence-corrected chi connectivity index (χ4v) is 4.76. The molecule has 23 heavy (non-hydrogen) atoms. The number of benzene rings is 2. The highest BCUT2D eigenvalue weighted by Crippen LogP contribution is 2.38. The molecule has 0 aromatic heterocycles. The molecule has 1 amide bonds. The summed E-state index contributed by atoms with van der Waals surface area (Å²) in [6.45, 7) is 1.53. The van der Waals surface area contributed by atoms with Gasteiger partial charge in [-0.1, -0.05) is 51.8 Å². The van der Waals surface area contributed by atoms with E-state index in [1.807, 2.05) is 59.1 Å². The minimum atomic E-state index is 0.103. The minimum absolute atomic E-state index is 0.103. The second-order valence-electron chi connectivity index (χ2n) is 5.47. The molecule has 0 radical (unpaired) electrons. The zero-order valence-electron chi connectivity index (χ0n) is 12.5. The van der Waals surface area contributed by atoms with Crippen molar-refractivity contribution in [2.24, 2.45) is 0 Å². The van der Waals surface area contributed by atoms with Gasteiger partial charge in [0.1, 0.15) is 0 Å². The molecule has 1 saturated heterocycles. The maximum Gasteiger partial charge on any atom is 0.253 e. The van der Waals surface area contributed by atoms with Gasteiger partial charge >= 0.3 is 0 Å². The molecule has 0 aliphatic carbocycles. The Labute approximate surface area is 154 Å². The third-order valence-electron chi connectivity index (χ3n) is 3.95. The SMILES string of the molecule is O=C(c1cccc(Br)c1)N1CCSC(c2ccccc2Cl)CC1. The molecule has 0 N–H and O–H groups in total. The number of thioether (sulfide) groups is 1. The molecule has 2 aromatic rings. The number of carbonyl (C=O) groups is 1. The average Bonchev–Trinajstić information content (AvgIpc) is 2.80. The van der Waals surface area contributed by atoms with Crippen molar-refractivity contribution in [3.8, 4) is 0 Å². The largest absolute Gasteiger partial charge is 0.338 e. The van der Waals surface area contributed by atoms with Gasteiger partial charge in [-0.25, -0.2) is 0 Å².